The number of hydrogen-bond acceptors (Lipinski definition) is 6. The van der Waals surface area contributed by atoms with Gasteiger partial charge in [-0.3, -0.25) is 9.98 Å². The number of aromatic nitrogens is 1. The summed E-state index contributed by atoms with van der Waals surface area (Å²) in [6, 6.07) is 39.1. The van der Waals surface area contributed by atoms with Crippen LogP contribution in [0.2, 0.25) is 0 Å². The molecule has 0 saturated heterocycles. The minimum atomic E-state index is -0.572. The Morgan fingerprint density at radius 3 is 2.10 bits per heavy atom. The lowest BCUT2D eigenvalue weighted by atomic mass is 9.67. The first-order valence-electron chi connectivity index (χ1n) is 15.9. The summed E-state index contributed by atoms with van der Waals surface area (Å²) in [5.41, 5.74) is 23.2. The molecule has 4 aromatic carbocycles. The quantitative estimate of drug-likeness (QED) is 0.0578. The number of nitrogens with zero attached hydrogens (tertiary/aromatic N) is 2. The van der Waals surface area contributed by atoms with E-state index in [0.29, 0.717) is 13.2 Å². The molecule has 0 radical (unpaired) electrons. The highest BCUT2D eigenvalue weighted by Crippen LogP contribution is 2.57. The fraction of sp³-hybridized carbons (Fsp3) is 0.0952. The van der Waals surface area contributed by atoms with E-state index in [9.17, 15) is 0 Å². The molecule has 6 nitrogen and oxygen atoms in total. The number of hydrogen-bond donors (Lipinski definition) is 2. The first kappa shape index (κ1) is 31.8. The lowest BCUT2D eigenvalue weighted by molar-refractivity contribution is 0.232. The number of fused-ring (bicyclic) bond motifs is 3. The Labute approximate surface area is 282 Å². The molecule has 0 bridgehead atoms. The molecular formula is C42H38N4O2. The van der Waals surface area contributed by atoms with Crippen molar-refractivity contribution >= 4 is 12.3 Å². The Morgan fingerprint density at radius 2 is 1.46 bits per heavy atom. The standard InChI is InChI=1S/C42H38N4O2/c1-45-22-25-47-23-9-8-10-33(28-44)31-16-19-38-39-20-17-32(34-15-18-37(46-29-34)30-48-24-21-43)27-41(39)42(40(38)26-31,35-11-4-2-5-12-35)36-13-6-3-7-14-36/h2-8,10-22,24-29H,1,9,23,30,43-44H2/b10-8-,24-21-,25-22-,33-28+. The molecule has 0 spiro atoms. The normalized spacial score (nSPS) is 13.5. The molecule has 0 fully saturated rings. The van der Waals surface area contributed by atoms with Crippen LogP contribution in [-0.4, -0.2) is 18.3 Å². The van der Waals surface area contributed by atoms with Crippen LogP contribution in [0.3, 0.4) is 0 Å². The maximum absolute atomic E-state index is 6.24. The van der Waals surface area contributed by atoms with Crippen LogP contribution < -0.4 is 11.5 Å². The van der Waals surface area contributed by atoms with Gasteiger partial charge < -0.3 is 20.9 Å². The average Bonchev–Trinajstić information content (AvgIpc) is 3.43. The second-order valence-corrected chi connectivity index (χ2v) is 11.3. The summed E-state index contributed by atoms with van der Waals surface area (Å²) in [5, 5.41) is 0. The summed E-state index contributed by atoms with van der Waals surface area (Å²) in [4.78, 5) is 8.32. The maximum Gasteiger partial charge on any atom is 0.129 e. The molecule has 0 aliphatic heterocycles. The lowest BCUT2D eigenvalue weighted by Crippen LogP contribution is -2.28. The molecular weight excluding hydrogens is 592 g/mol. The van der Waals surface area contributed by atoms with Crippen molar-refractivity contribution in [3.05, 3.63) is 192 Å². The van der Waals surface area contributed by atoms with Gasteiger partial charge in [-0.1, -0.05) is 103 Å². The van der Waals surface area contributed by atoms with Crippen molar-refractivity contribution in [1.82, 2.24) is 4.98 Å². The van der Waals surface area contributed by atoms with E-state index < -0.39 is 5.41 Å². The minimum Gasteiger partial charge on any atom is -0.499 e. The van der Waals surface area contributed by atoms with Crippen molar-refractivity contribution in [1.29, 1.82) is 0 Å². The predicted octanol–water partition coefficient (Wildman–Crippen LogP) is 8.49. The van der Waals surface area contributed by atoms with Gasteiger partial charge in [0.1, 0.15) is 12.9 Å². The van der Waals surface area contributed by atoms with Crippen LogP contribution >= 0.6 is 0 Å². The highest BCUT2D eigenvalue weighted by atomic mass is 16.5. The molecule has 6 rings (SSSR count). The molecule has 4 N–H and O–H groups in total. The molecule has 0 atom stereocenters. The zero-order valence-corrected chi connectivity index (χ0v) is 26.7. The molecule has 1 aliphatic carbocycles. The topological polar surface area (TPSA) is 95.8 Å². The van der Waals surface area contributed by atoms with Gasteiger partial charge in [-0.25, -0.2) is 0 Å². The number of pyridine rings is 1. The highest BCUT2D eigenvalue weighted by Gasteiger charge is 2.46. The Morgan fingerprint density at radius 1 is 0.771 bits per heavy atom. The maximum atomic E-state index is 6.24. The van der Waals surface area contributed by atoms with Gasteiger partial charge in [-0.15, -0.1) is 0 Å². The average molecular weight is 631 g/mol. The molecule has 1 heterocycles. The van der Waals surface area contributed by atoms with Crippen molar-refractivity contribution in [2.75, 3.05) is 6.61 Å². The predicted molar refractivity (Wildman–Crippen MR) is 196 cm³/mol. The fourth-order valence-electron chi connectivity index (χ4n) is 6.47. The summed E-state index contributed by atoms with van der Waals surface area (Å²) >= 11 is 0. The van der Waals surface area contributed by atoms with Crippen LogP contribution in [0.25, 0.3) is 27.8 Å². The van der Waals surface area contributed by atoms with Gasteiger partial charge in [-0.05, 0) is 81.4 Å². The van der Waals surface area contributed by atoms with Gasteiger partial charge >= 0.3 is 0 Å². The van der Waals surface area contributed by atoms with E-state index in [0.717, 1.165) is 34.4 Å². The van der Waals surface area contributed by atoms with Crippen molar-refractivity contribution in [3.63, 3.8) is 0 Å². The number of aliphatic imine (C=N–C) groups is 1. The van der Waals surface area contributed by atoms with E-state index in [-0.39, 0.29) is 0 Å². The first-order valence-corrected chi connectivity index (χ1v) is 15.9. The number of rotatable bonds is 13. The second-order valence-electron chi connectivity index (χ2n) is 11.3. The van der Waals surface area contributed by atoms with Crippen LogP contribution in [0.1, 0.15) is 39.9 Å². The van der Waals surface area contributed by atoms with Crippen molar-refractivity contribution in [2.24, 2.45) is 16.5 Å². The van der Waals surface area contributed by atoms with E-state index in [1.54, 1.807) is 12.5 Å². The number of ether oxygens (including phenoxy) is 2. The minimum absolute atomic E-state index is 0.355. The molecule has 0 unspecified atom stereocenters. The summed E-state index contributed by atoms with van der Waals surface area (Å²) < 4.78 is 10.9. The monoisotopic (exact) mass is 630 g/mol. The second kappa shape index (κ2) is 15.0. The van der Waals surface area contributed by atoms with E-state index in [1.165, 1.54) is 52.0 Å². The molecule has 5 aromatic rings. The van der Waals surface area contributed by atoms with Crippen molar-refractivity contribution < 1.29 is 9.47 Å². The van der Waals surface area contributed by atoms with E-state index in [2.05, 4.69) is 132 Å². The Hall–Kier alpha value is -6.14. The van der Waals surface area contributed by atoms with Gasteiger partial charge in [0.2, 0.25) is 0 Å². The molecule has 6 heteroatoms. The summed E-state index contributed by atoms with van der Waals surface area (Å²) in [6.07, 6.45) is 14.3. The molecule has 1 aliphatic rings. The highest BCUT2D eigenvalue weighted by molar-refractivity contribution is 5.90. The molecule has 1 aromatic heterocycles. The Balaban J connectivity index is 1.47. The molecule has 0 saturated carbocycles. The van der Waals surface area contributed by atoms with Gasteiger partial charge in [0.25, 0.3) is 0 Å². The SMILES string of the molecule is C=N/C=C\OCC/C=C\C(=C/N)c1ccc2c(c1)C(c1ccccc1)(c1ccccc1)c1cc(-c3ccc(CO/C=C\N)nc3)ccc1-2. The van der Waals surface area contributed by atoms with E-state index >= 15 is 0 Å². The van der Waals surface area contributed by atoms with Crippen LogP contribution in [0.4, 0.5) is 0 Å². The molecule has 48 heavy (non-hydrogen) atoms. The zero-order chi connectivity index (χ0) is 33.2. The van der Waals surface area contributed by atoms with Gasteiger partial charge in [-0.2, -0.15) is 0 Å². The number of allylic oxidation sites excluding steroid dienone is 2. The van der Waals surface area contributed by atoms with Crippen LogP contribution in [0, 0.1) is 0 Å². The van der Waals surface area contributed by atoms with Crippen LogP contribution in [0.15, 0.2) is 164 Å². The summed E-state index contributed by atoms with van der Waals surface area (Å²) in [6.45, 7) is 4.31. The third-order valence-corrected chi connectivity index (χ3v) is 8.59. The Bertz CT molecular complexity index is 1940. The fourth-order valence-corrected chi connectivity index (χ4v) is 6.47. The summed E-state index contributed by atoms with van der Waals surface area (Å²) in [7, 11) is 0. The van der Waals surface area contributed by atoms with E-state index in [4.69, 9.17) is 20.9 Å². The number of benzene rings is 4. The number of nitrogens with two attached hydrogens (primary N) is 2. The van der Waals surface area contributed by atoms with Crippen molar-refractivity contribution in [3.8, 4) is 22.3 Å². The van der Waals surface area contributed by atoms with Crippen molar-refractivity contribution in [2.45, 2.75) is 18.4 Å². The smallest absolute Gasteiger partial charge is 0.129 e. The summed E-state index contributed by atoms with van der Waals surface area (Å²) in [5.74, 6) is 0. The largest absolute Gasteiger partial charge is 0.499 e. The first-order chi connectivity index (χ1) is 23.7. The third-order valence-electron chi connectivity index (χ3n) is 8.59. The zero-order valence-electron chi connectivity index (χ0n) is 26.7. The van der Waals surface area contributed by atoms with Gasteiger partial charge in [0.15, 0.2) is 0 Å². The molecule has 238 valence electrons. The molecule has 0 amide bonds. The third kappa shape index (κ3) is 6.29. The van der Waals surface area contributed by atoms with Gasteiger partial charge in [0, 0.05) is 24.2 Å². The Kier molecular flexibility index (Phi) is 9.92. The van der Waals surface area contributed by atoms with Gasteiger partial charge in [0.05, 0.1) is 30.2 Å². The van der Waals surface area contributed by atoms with Crippen LogP contribution in [0.5, 0.6) is 0 Å². The van der Waals surface area contributed by atoms with E-state index in [1.807, 2.05) is 12.3 Å². The van der Waals surface area contributed by atoms with Crippen LogP contribution in [-0.2, 0) is 21.5 Å². The lowest BCUT2D eigenvalue weighted by Gasteiger charge is -2.34.